The molecule has 18 heavy (non-hydrogen) atoms. The van der Waals surface area contributed by atoms with E-state index in [1.54, 1.807) is 0 Å². The highest BCUT2D eigenvalue weighted by atomic mass is 79.9. The molecule has 1 N–H and O–H groups in total. The van der Waals surface area contributed by atoms with Gasteiger partial charge in [-0.15, -0.1) is 0 Å². The number of hydrogen-bond acceptors (Lipinski definition) is 1. The van der Waals surface area contributed by atoms with E-state index in [4.69, 9.17) is 5.11 Å². The van der Waals surface area contributed by atoms with Crippen LogP contribution in [0, 0.1) is 11.6 Å². The zero-order chi connectivity index (χ0) is 13.3. The Balaban J connectivity index is 2.39. The first-order chi connectivity index (χ1) is 8.47. The highest BCUT2D eigenvalue weighted by molar-refractivity contribution is 9.10. The second-order valence-corrected chi connectivity index (χ2v) is 4.63. The number of hydrogen-bond donors (Lipinski definition) is 1. The van der Waals surface area contributed by atoms with Crippen LogP contribution in [0.15, 0.2) is 34.9 Å². The van der Waals surface area contributed by atoms with Gasteiger partial charge >= 0.3 is 5.97 Å². The van der Waals surface area contributed by atoms with Gasteiger partial charge in [0, 0.05) is 16.2 Å². The Morgan fingerprint density at radius 3 is 2.72 bits per heavy atom. The second kappa shape index (κ2) is 4.89. The zero-order valence-electron chi connectivity index (χ0n) is 9.03. The third-order valence-corrected chi connectivity index (χ3v) is 2.86. The van der Waals surface area contributed by atoms with E-state index in [1.807, 2.05) is 0 Å². The normalized spacial score (nSPS) is 10.6. The fraction of sp³-hybridized carbons (Fsp3) is 0.0833. The summed E-state index contributed by atoms with van der Waals surface area (Å²) in [5.41, 5.74) is 0.103. The minimum atomic E-state index is -1.13. The van der Waals surface area contributed by atoms with E-state index in [1.165, 1.54) is 16.8 Å². The summed E-state index contributed by atoms with van der Waals surface area (Å²) < 4.78 is 28.4. The van der Waals surface area contributed by atoms with Crippen LogP contribution in [-0.4, -0.2) is 15.6 Å². The first-order valence-electron chi connectivity index (χ1n) is 5.00. The standard InChI is InChI=1S/C12H8BrF2NO2/c13-8-4-11(12(17)18)16(6-8)5-7-3-9(14)1-2-10(7)15/h1-4,6H,5H2,(H,17,18). The molecular formula is C12H8BrF2NO2. The average Bonchev–Trinajstić information content (AvgIpc) is 2.65. The molecule has 0 saturated carbocycles. The monoisotopic (exact) mass is 315 g/mol. The maximum atomic E-state index is 13.5. The van der Waals surface area contributed by atoms with Gasteiger partial charge in [0.05, 0.1) is 6.54 Å². The molecule has 0 unspecified atom stereocenters. The van der Waals surface area contributed by atoms with Crippen molar-refractivity contribution in [2.75, 3.05) is 0 Å². The van der Waals surface area contributed by atoms with Gasteiger partial charge in [-0.1, -0.05) is 0 Å². The number of carbonyl (C=O) groups is 1. The van der Waals surface area contributed by atoms with Crippen LogP contribution in [-0.2, 0) is 6.54 Å². The van der Waals surface area contributed by atoms with Crippen molar-refractivity contribution in [2.24, 2.45) is 0 Å². The second-order valence-electron chi connectivity index (χ2n) is 3.71. The smallest absolute Gasteiger partial charge is 0.352 e. The molecule has 1 aromatic heterocycles. The Kier molecular flexibility index (Phi) is 3.47. The number of aromatic carboxylic acids is 1. The van der Waals surface area contributed by atoms with E-state index in [0.717, 1.165) is 18.2 Å². The zero-order valence-corrected chi connectivity index (χ0v) is 10.6. The number of nitrogens with zero attached hydrogens (tertiary/aromatic N) is 1. The van der Waals surface area contributed by atoms with Gasteiger partial charge in [0.25, 0.3) is 0 Å². The van der Waals surface area contributed by atoms with Crippen molar-refractivity contribution in [2.45, 2.75) is 6.54 Å². The summed E-state index contributed by atoms with van der Waals surface area (Å²) >= 11 is 3.15. The number of halogens is 3. The average molecular weight is 316 g/mol. The van der Waals surface area contributed by atoms with Gasteiger partial charge in [-0.2, -0.15) is 0 Å². The lowest BCUT2D eigenvalue weighted by Crippen LogP contribution is -2.09. The maximum absolute atomic E-state index is 13.5. The van der Waals surface area contributed by atoms with Crippen LogP contribution in [0.3, 0.4) is 0 Å². The third kappa shape index (κ3) is 2.59. The lowest BCUT2D eigenvalue weighted by atomic mass is 10.2. The summed E-state index contributed by atoms with van der Waals surface area (Å²) in [6.07, 6.45) is 1.51. The topological polar surface area (TPSA) is 42.2 Å². The summed E-state index contributed by atoms with van der Waals surface area (Å²) in [5, 5.41) is 8.97. The van der Waals surface area contributed by atoms with E-state index in [9.17, 15) is 13.6 Å². The molecule has 6 heteroatoms. The molecule has 2 aromatic rings. The number of carboxylic acids is 1. The van der Waals surface area contributed by atoms with Crippen LogP contribution in [0.2, 0.25) is 0 Å². The van der Waals surface area contributed by atoms with Gasteiger partial charge < -0.3 is 9.67 Å². The molecule has 1 aromatic carbocycles. The minimum absolute atomic E-state index is 0.00513. The third-order valence-electron chi connectivity index (χ3n) is 2.43. The summed E-state index contributed by atoms with van der Waals surface area (Å²) in [5.74, 6) is -2.26. The molecule has 0 aliphatic rings. The van der Waals surface area contributed by atoms with E-state index >= 15 is 0 Å². The van der Waals surface area contributed by atoms with Crippen molar-refractivity contribution >= 4 is 21.9 Å². The predicted molar refractivity (Wildman–Crippen MR) is 64.6 cm³/mol. The predicted octanol–water partition coefficient (Wildman–Crippen LogP) is 3.28. The van der Waals surface area contributed by atoms with Crippen LogP contribution >= 0.6 is 15.9 Å². The quantitative estimate of drug-likeness (QED) is 0.944. The van der Waals surface area contributed by atoms with Gasteiger partial charge in [0.2, 0.25) is 0 Å². The summed E-state index contributed by atoms with van der Waals surface area (Å²) in [7, 11) is 0. The SMILES string of the molecule is O=C(O)c1cc(Br)cn1Cc1cc(F)ccc1F. The van der Waals surface area contributed by atoms with E-state index in [0.29, 0.717) is 4.47 Å². The van der Waals surface area contributed by atoms with Gasteiger partial charge in [0.15, 0.2) is 0 Å². The van der Waals surface area contributed by atoms with Gasteiger partial charge in [0.1, 0.15) is 17.3 Å². The van der Waals surface area contributed by atoms with Gasteiger partial charge in [-0.25, -0.2) is 13.6 Å². The number of benzene rings is 1. The van der Waals surface area contributed by atoms with Crippen LogP contribution < -0.4 is 0 Å². The van der Waals surface area contributed by atoms with E-state index < -0.39 is 17.6 Å². The highest BCUT2D eigenvalue weighted by Crippen LogP contribution is 2.18. The Labute approximate surface area is 110 Å². The first kappa shape index (κ1) is 12.8. The molecule has 2 rings (SSSR count). The summed E-state index contributed by atoms with van der Waals surface area (Å²) in [6.45, 7) is -0.0448. The fourth-order valence-corrected chi connectivity index (χ4v) is 2.10. The lowest BCUT2D eigenvalue weighted by molar-refractivity contribution is 0.0685. The number of rotatable bonds is 3. The number of aromatic nitrogens is 1. The summed E-state index contributed by atoms with van der Waals surface area (Å²) in [6, 6.07) is 4.49. The Morgan fingerprint density at radius 2 is 2.06 bits per heavy atom. The number of carboxylic acid groups (broad SMARTS) is 1. The molecule has 0 aliphatic carbocycles. The van der Waals surface area contributed by atoms with Crippen LogP contribution in [0.25, 0.3) is 0 Å². The molecule has 0 fully saturated rings. The van der Waals surface area contributed by atoms with Crippen LogP contribution in [0.4, 0.5) is 8.78 Å². The molecule has 0 amide bonds. The Morgan fingerprint density at radius 1 is 1.33 bits per heavy atom. The fourth-order valence-electron chi connectivity index (χ4n) is 1.63. The minimum Gasteiger partial charge on any atom is -0.477 e. The van der Waals surface area contributed by atoms with Crippen molar-refractivity contribution in [1.82, 2.24) is 4.57 Å². The molecule has 3 nitrogen and oxygen atoms in total. The lowest BCUT2D eigenvalue weighted by Gasteiger charge is -2.07. The van der Waals surface area contributed by atoms with Crippen molar-refractivity contribution < 1.29 is 18.7 Å². The van der Waals surface area contributed by atoms with Crippen molar-refractivity contribution in [3.63, 3.8) is 0 Å². The van der Waals surface area contributed by atoms with Crippen LogP contribution in [0.1, 0.15) is 16.1 Å². The highest BCUT2D eigenvalue weighted by Gasteiger charge is 2.13. The summed E-state index contributed by atoms with van der Waals surface area (Å²) in [4.78, 5) is 11.0. The molecule has 0 saturated heterocycles. The molecule has 1 heterocycles. The molecule has 0 spiro atoms. The largest absolute Gasteiger partial charge is 0.477 e. The van der Waals surface area contributed by atoms with Crippen molar-refractivity contribution in [3.05, 3.63) is 57.8 Å². The van der Waals surface area contributed by atoms with E-state index in [-0.39, 0.29) is 17.8 Å². The van der Waals surface area contributed by atoms with Crippen LogP contribution in [0.5, 0.6) is 0 Å². The Bertz CT molecular complexity index is 610. The maximum Gasteiger partial charge on any atom is 0.352 e. The molecule has 0 bridgehead atoms. The van der Waals surface area contributed by atoms with Crippen molar-refractivity contribution in [1.29, 1.82) is 0 Å². The van der Waals surface area contributed by atoms with Gasteiger partial charge in [-0.05, 0) is 40.2 Å². The first-order valence-corrected chi connectivity index (χ1v) is 5.79. The molecule has 94 valence electrons. The van der Waals surface area contributed by atoms with Crippen molar-refractivity contribution in [3.8, 4) is 0 Å². The Hall–Kier alpha value is -1.69. The molecule has 0 atom stereocenters. The molecule has 0 aliphatic heterocycles. The van der Waals surface area contributed by atoms with Gasteiger partial charge in [-0.3, -0.25) is 0 Å². The van der Waals surface area contributed by atoms with E-state index in [2.05, 4.69) is 15.9 Å². The molecular weight excluding hydrogens is 308 g/mol. The molecule has 0 radical (unpaired) electrons.